The van der Waals surface area contributed by atoms with E-state index in [2.05, 4.69) is 6.92 Å². The Hall–Kier alpha value is -1.30. The highest BCUT2D eigenvalue weighted by Gasteiger charge is 2.28. The van der Waals surface area contributed by atoms with Gasteiger partial charge in [0.15, 0.2) is 0 Å². The second kappa shape index (κ2) is 10.5. The highest BCUT2D eigenvalue weighted by atomic mass is 32.2. The molecule has 0 unspecified atom stereocenters. The lowest BCUT2D eigenvalue weighted by atomic mass is 10.3. The van der Waals surface area contributed by atoms with Crippen molar-refractivity contribution in [1.82, 2.24) is 4.90 Å². The lowest BCUT2D eigenvalue weighted by Crippen LogP contribution is -2.32. The van der Waals surface area contributed by atoms with Gasteiger partial charge in [-0.05, 0) is 13.3 Å². The van der Waals surface area contributed by atoms with Crippen LogP contribution in [0.15, 0.2) is 11.6 Å². The molecule has 0 aromatic heterocycles. The quantitative estimate of drug-likeness (QED) is 0.411. The predicted molar refractivity (Wildman–Crippen MR) is 79.9 cm³/mol. The molecule has 0 aliphatic carbocycles. The third-order valence-electron chi connectivity index (χ3n) is 2.46. The van der Waals surface area contributed by atoms with E-state index in [9.17, 15) is 14.4 Å². The average Bonchev–Trinajstić information content (AvgIpc) is 2.69. The molecule has 1 heterocycles. The first kappa shape index (κ1) is 18.7. The maximum Gasteiger partial charge on any atom is 0.319 e. The van der Waals surface area contributed by atoms with E-state index in [-0.39, 0.29) is 24.8 Å². The minimum Gasteiger partial charge on any atom is -0.391 e. The molecule has 0 radical (unpaired) electrons. The standard InChI is InChI=1S/C12H17NO4S.C2H6/c1-3-4-7-18-17-11(15)5-6-13-10(14)8-9(2)12(13)16;1-2/h8H,3-7H2,1-2H3;1-2H3. The molecule has 0 fully saturated rings. The van der Waals surface area contributed by atoms with Crippen LogP contribution in [0.4, 0.5) is 0 Å². The summed E-state index contributed by atoms with van der Waals surface area (Å²) in [6.07, 6.45) is 3.36. The van der Waals surface area contributed by atoms with E-state index in [4.69, 9.17) is 4.18 Å². The summed E-state index contributed by atoms with van der Waals surface area (Å²) in [5, 5.41) is 0. The Morgan fingerprint density at radius 1 is 1.35 bits per heavy atom. The number of hydrogen-bond donors (Lipinski definition) is 0. The third kappa shape index (κ3) is 6.23. The molecule has 0 atom stereocenters. The summed E-state index contributed by atoms with van der Waals surface area (Å²) in [4.78, 5) is 35.3. The van der Waals surface area contributed by atoms with Gasteiger partial charge >= 0.3 is 5.97 Å². The number of carbonyl (C=O) groups is 3. The van der Waals surface area contributed by atoms with Crippen LogP contribution in [0.3, 0.4) is 0 Å². The Bertz CT molecular complexity index is 379. The Morgan fingerprint density at radius 3 is 2.50 bits per heavy atom. The molecule has 2 amide bonds. The van der Waals surface area contributed by atoms with Gasteiger partial charge in [0.05, 0.1) is 18.5 Å². The molecule has 0 saturated carbocycles. The van der Waals surface area contributed by atoms with Gasteiger partial charge in [-0.25, -0.2) is 0 Å². The maximum absolute atomic E-state index is 11.5. The van der Waals surface area contributed by atoms with Gasteiger partial charge in [-0.3, -0.25) is 19.3 Å². The third-order valence-corrected chi connectivity index (χ3v) is 3.22. The Kier molecular flexibility index (Phi) is 9.80. The summed E-state index contributed by atoms with van der Waals surface area (Å²) in [6.45, 7) is 7.72. The molecule has 114 valence electrons. The SMILES string of the molecule is CC.CCCCSOC(=O)CCN1C(=O)C=C(C)C1=O. The number of imide groups is 1. The van der Waals surface area contributed by atoms with Gasteiger partial charge < -0.3 is 4.18 Å². The summed E-state index contributed by atoms with van der Waals surface area (Å²) < 4.78 is 4.91. The highest BCUT2D eigenvalue weighted by Crippen LogP contribution is 2.13. The number of hydrogen-bond acceptors (Lipinski definition) is 5. The topological polar surface area (TPSA) is 63.7 Å². The minimum atomic E-state index is -0.402. The number of amides is 2. The van der Waals surface area contributed by atoms with E-state index < -0.39 is 5.97 Å². The van der Waals surface area contributed by atoms with E-state index in [0.717, 1.165) is 35.5 Å². The van der Waals surface area contributed by atoms with Gasteiger partial charge in [0, 0.05) is 23.9 Å². The van der Waals surface area contributed by atoms with Crippen LogP contribution < -0.4 is 0 Å². The van der Waals surface area contributed by atoms with Crippen molar-refractivity contribution >= 4 is 29.8 Å². The van der Waals surface area contributed by atoms with Gasteiger partial charge in [0.25, 0.3) is 11.8 Å². The van der Waals surface area contributed by atoms with Gasteiger partial charge in [0.1, 0.15) is 0 Å². The summed E-state index contributed by atoms with van der Waals surface area (Å²) in [6, 6.07) is 0. The Morgan fingerprint density at radius 2 is 2.00 bits per heavy atom. The van der Waals surface area contributed by atoms with Gasteiger partial charge in [-0.1, -0.05) is 27.2 Å². The van der Waals surface area contributed by atoms with Crippen molar-refractivity contribution in [2.24, 2.45) is 0 Å². The number of unbranched alkanes of at least 4 members (excludes halogenated alkanes) is 1. The number of nitrogens with zero attached hydrogens (tertiary/aromatic N) is 1. The van der Waals surface area contributed by atoms with E-state index in [1.807, 2.05) is 13.8 Å². The first-order valence-corrected chi connectivity index (χ1v) is 7.83. The monoisotopic (exact) mass is 301 g/mol. The van der Waals surface area contributed by atoms with Crippen molar-refractivity contribution in [3.8, 4) is 0 Å². The number of rotatable bonds is 7. The normalized spacial score (nSPS) is 13.8. The van der Waals surface area contributed by atoms with Crippen molar-refractivity contribution < 1.29 is 18.6 Å². The van der Waals surface area contributed by atoms with E-state index >= 15 is 0 Å². The second-order valence-electron chi connectivity index (χ2n) is 4.00. The maximum atomic E-state index is 11.5. The first-order valence-electron chi connectivity index (χ1n) is 6.92. The zero-order valence-corrected chi connectivity index (χ0v) is 13.4. The highest BCUT2D eigenvalue weighted by molar-refractivity contribution is 7.95. The molecule has 1 aliphatic rings. The summed E-state index contributed by atoms with van der Waals surface area (Å²) in [5.74, 6) is -0.318. The molecule has 0 spiro atoms. The molecular weight excluding hydrogens is 278 g/mol. The smallest absolute Gasteiger partial charge is 0.319 e. The van der Waals surface area contributed by atoms with Crippen LogP contribution in [0, 0.1) is 0 Å². The van der Waals surface area contributed by atoms with Gasteiger partial charge in [-0.2, -0.15) is 0 Å². The fourth-order valence-corrected chi connectivity index (χ4v) is 2.11. The van der Waals surface area contributed by atoms with E-state index in [1.165, 1.54) is 6.08 Å². The largest absolute Gasteiger partial charge is 0.391 e. The molecule has 0 N–H and O–H groups in total. The molecule has 20 heavy (non-hydrogen) atoms. The summed E-state index contributed by atoms with van der Waals surface area (Å²) >= 11 is 1.12. The van der Waals surface area contributed by atoms with Crippen molar-refractivity contribution in [3.63, 3.8) is 0 Å². The first-order chi connectivity index (χ1) is 9.56. The van der Waals surface area contributed by atoms with E-state index in [1.54, 1.807) is 6.92 Å². The van der Waals surface area contributed by atoms with Crippen molar-refractivity contribution in [3.05, 3.63) is 11.6 Å². The molecule has 0 bridgehead atoms. The number of carbonyl (C=O) groups excluding carboxylic acids is 3. The summed E-state index contributed by atoms with van der Waals surface area (Å²) in [5.41, 5.74) is 0.408. The molecule has 0 saturated heterocycles. The molecule has 1 aliphatic heterocycles. The molecular formula is C14H23NO4S. The molecule has 1 rings (SSSR count). The van der Waals surface area contributed by atoms with Crippen LogP contribution in [0.5, 0.6) is 0 Å². The lowest BCUT2D eigenvalue weighted by molar-refractivity contribution is -0.138. The van der Waals surface area contributed by atoms with Gasteiger partial charge in [-0.15, -0.1) is 0 Å². The Labute approximate surface area is 124 Å². The zero-order chi connectivity index (χ0) is 15.5. The van der Waals surface area contributed by atoms with Crippen LogP contribution in [0.25, 0.3) is 0 Å². The fourth-order valence-electron chi connectivity index (χ4n) is 1.40. The van der Waals surface area contributed by atoms with Crippen molar-refractivity contribution in [2.45, 2.75) is 47.0 Å². The lowest BCUT2D eigenvalue weighted by Gasteiger charge is -2.13. The molecule has 0 aromatic rings. The fraction of sp³-hybridized carbons (Fsp3) is 0.643. The van der Waals surface area contributed by atoms with E-state index in [0.29, 0.717) is 5.57 Å². The molecule has 5 nitrogen and oxygen atoms in total. The summed E-state index contributed by atoms with van der Waals surface area (Å²) in [7, 11) is 0. The van der Waals surface area contributed by atoms with Crippen LogP contribution in [0.1, 0.15) is 47.0 Å². The second-order valence-corrected chi connectivity index (χ2v) is 4.81. The van der Waals surface area contributed by atoms with Gasteiger partial charge in [0.2, 0.25) is 0 Å². The molecule has 0 aromatic carbocycles. The van der Waals surface area contributed by atoms with Crippen molar-refractivity contribution in [2.75, 3.05) is 12.3 Å². The zero-order valence-electron chi connectivity index (χ0n) is 12.6. The Balaban J connectivity index is 0.00000172. The molecule has 6 heteroatoms. The van der Waals surface area contributed by atoms with Crippen LogP contribution in [-0.2, 0) is 18.6 Å². The average molecular weight is 301 g/mol. The van der Waals surface area contributed by atoms with Crippen LogP contribution in [0.2, 0.25) is 0 Å². The van der Waals surface area contributed by atoms with Crippen molar-refractivity contribution in [1.29, 1.82) is 0 Å². The van der Waals surface area contributed by atoms with Crippen LogP contribution >= 0.6 is 12.0 Å². The minimum absolute atomic E-state index is 0.0394. The van der Waals surface area contributed by atoms with Crippen LogP contribution in [-0.4, -0.2) is 35.0 Å². The predicted octanol–water partition coefficient (Wildman–Crippen LogP) is 2.71.